The van der Waals surface area contributed by atoms with E-state index >= 15 is 0 Å². The van der Waals surface area contributed by atoms with E-state index < -0.39 is 5.92 Å². The van der Waals surface area contributed by atoms with E-state index in [1.165, 1.54) is 29.6 Å². The Bertz CT molecular complexity index is 939. The first kappa shape index (κ1) is 18.6. The van der Waals surface area contributed by atoms with E-state index in [1.807, 2.05) is 6.07 Å². The van der Waals surface area contributed by atoms with E-state index in [4.69, 9.17) is 0 Å². The number of hydrogen-bond acceptors (Lipinski definition) is 6. The molecule has 2 aromatic rings. The summed E-state index contributed by atoms with van der Waals surface area (Å²) >= 11 is 1.25. The van der Waals surface area contributed by atoms with Gasteiger partial charge in [-0.25, -0.2) is 4.98 Å². The molecule has 1 saturated heterocycles. The van der Waals surface area contributed by atoms with E-state index in [1.54, 1.807) is 10.3 Å². The Morgan fingerprint density at radius 3 is 2.96 bits per heavy atom. The zero-order valence-corrected chi connectivity index (χ0v) is 16.4. The van der Waals surface area contributed by atoms with Crippen molar-refractivity contribution in [1.29, 1.82) is 0 Å². The molecular formula is C20H21N3O4S. The average Bonchev–Trinajstić information content (AvgIpc) is 3.40. The molecule has 0 unspecified atom stereocenters. The first-order valence-corrected chi connectivity index (χ1v) is 10.2. The standard InChI is InChI=1S/C20H21N3O4S/c1-27-18(25)9-15-11-28-20(21-15)22-19(26)14-8-17(24)23(10-14)16-6-5-12-3-2-4-13(12)7-16/h5-7,11,14H,2-4,8-10H2,1H3,(H,21,22,26)/t14-/m0/s1. The van der Waals surface area contributed by atoms with Crippen LogP contribution < -0.4 is 10.2 Å². The molecule has 7 nitrogen and oxygen atoms in total. The molecule has 8 heteroatoms. The van der Waals surface area contributed by atoms with Crippen molar-refractivity contribution in [3.05, 3.63) is 40.4 Å². The Balaban J connectivity index is 1.39. The zero-order chi connectivity index (χ0) is 19.7. The third-order valence-corrected chi connectivity index (χ3v) is 6.03. The second-order valence-corrected chi connectivity index (χ2v) is 7.96. The van der Waals surface area contributed by atoms with Crippen LogP contribution in [0.1, 0.15) is 29.7 Å². The molecule has 2 heterocycles. The molecule has 0 radical (unpaired) electrons. The van der Waals surface area contributed by atoms with Gasteiger partial charge in [-0.05, 0) is 42.5 Å². The van der Waals surface area contributed by atoms with Crippen LogP contribution in [0.5, 0.6) is 0 Å². The predicted octanol–water partition coefficient (Wildman–Crippen LogP) is 2.34. The molecule has 4 rings (SSSR count). The number of anilines is 2. The summed E-state index contributed by atoms with van der Waals surface area (Å²) in [5.74, 6) is -1.07. The van der Waals surface area contributed by atoms with Crippen LogP contribution in [0.4, 0.5) is 10.8 Å². The summed E-state index contributed by atoms with van der Waals surface area (Å²) in [5, 5.41) is 4.90. The summed E-state index contributed by atoms with van der Waals surface area (Å²) < 4.78 is 4.61. The number of carbonyl (C=O) groups is 3. The number of esters is 1. The highest BCUT2D eigenvalue weighted by Gasteiger charge is 2.35. The number of carbonyl (C=O) groups excluding carboxylic acids is 3. The van der Waals surface area contributed by atoms with Crippen LogP contribution in [0.3, 0.4) is 0 Å². The maximum atomic E-state index is 12.6. The van der Waals surface area contributed by atoms with E-state index in [0.717, 1.165) is 24.9 Å². The van der Waals surface area contributed by atoms with Gasteiger partial charge in [0.05, 0.1) is 25.1 Å². The Labute approximate surface area is 166 Å². The fraction of sp³-hybridized carbons (Fsp3) is 0.400. The number of fused-ring (bicyclic) bond motifs is 1. The second-order valence-electron chi connectivity index (χ2n) is 7.10. The molecule has 0 saturated carbocycles. The number of ether oxygens (including phenoxy) is 1. The molecule has 2 amide bonds. The molecule has 146 valence electrons. The van der Waals surface area contributed by atoms with Crippen molar-refractivity contribution >= 4 is 39.9 Å². The van der Waals surface area contributed by atoms with Gasteiger partial charge in [0.25, 0.3) is 0 Å². The summed E-state index contributed by atoms with van der Waals surface area (Å²) in [5.41, 5.74) is 4.08. The van der Waals surface area contributed by atoms with Crippen LogP contribution in [0.15, 0.2) is 23.6 Å². The number of nitrogens with one attached hydrogen (secondary N) is 1. The molecule has 1 aromatic heterocycles. The minimum Gasteiger partial charge on any atom is -0.469 e. The number of benzene rings is 1. The molecule has 1 aliphatic carbocycles. The quantitative estimate of drug-likeness (QED) is 0.780. The van der Waals surface area contributed by atoms with Crippen LogP contribution in [-0.2, 0) is 38.4 Å². The number of thiazole rings is 1. The maximum absolute atomic E-state index is 12.6. The fourth-order valence-corrected chi connectivity index (χ4v) is 4.45. The lowest BCUT2D eigenvalue weighted by atomic mass is 10.1. The summed E-state index contributed by atoms with van der Waals surface area (Å²) in [6.07, 6.45) is 3.55. The van der Waals surface area contributed by atoms with Crippen molar-refractivity contribution in [3.63, 3.8) is 0 Å². The van der Waals surface area contributed by atoms with Crippen LogP contribution >= 0.6 is 11.3 Å². The normalized spacial score (nSPS) is 18.2. The van der Waals surface area contributed by atoms with Crippen LogP contribution in [0.2, 0.25) is 0 Å². The Hall–Kier alpha value is -2.74. The van der Waals surface area contributed by atoms with Crippen molar-refractivity contribution in [1.82, 2.24) is 4.98 Å². The molecule has 1 atom stereocenters. The van der Waals surface area contributed by atoms with Crippen LogP contribution in [-0.4, -0.2) is 36.4 Å². The molecule has 1 fully saturated rings. The first-order chi connectivity index (χ1) is 13.5. The zero-order valence-electron chi connectivity index (χ0n) is 15.6. The topological polar surface area (TPSA) is 88.6 Å². The highest BCUT2D eigenvalue weighted by atomic mass is 32.1. The summed E-state index contributed by atoms with van der Waals surface area (Å²) in [4.78, 5) is 42.3. The van der Waals surface area contributed by atoms with Gasteiger partial charge in [0, 0.05) is 24.0 Å². The third kappa shape index (κ3) is 3.77. The van der Waals surface area contributed by atoms with Gasteiger partial charge in [0.1, 0.15) is 0 Å². The highest BCUT2D eigenvalue weighted by molar-refractivity contribution is 7.13. The summed E-state index contributed by atoms with van der Waals surface area (Å²) in [6.45, 7) is 0.365. The van der Waals surface area contributed by atoms with Gasteiger partial charge >= 0.3 is 5.97 Å². The molecule has 0 spiro atoms. The molecular weight excluding hydrogens is 378 g/mol. The van der Waals surface area contributed by atoms with Gasteiger partial charge < -0.3 is 15.0 Å². The van der Waals surface area contributed by atoms with Gasteiger partial charge in [-0.1, -0.05) is 6.07 Å². The van der Waals surface area contributed by atoms with Crippen molar-refractivity contribution < 1.29 is 19.1 Å². The Kier molecular flexibility index (Phi) is 5.13. The number of nitrogens with zero attached hydrogens (tertiary/aromatic N) is 2. The number of methoxy groups -OCH3 is 1. The molecule has 1 aromatic carbocycles. The minimum absolute atomic E-state index is 0.0383. The summed E-state index contributed by atoms with van der Waals surface area (Å²) in [7, 11) is 1.32. The van der Waals surface area contributed by atoms with Gasteiger partial charge in [0.15, 0.2) is 5.13 Å². The minimum atomic E-state index is -0.422. The van der Waals surface area contributed by atoms with Crippen LogP contribution in [0.25, 0.3) is 0 Å². The van der Waals surface area contributed by atoms with E-state index in [9.17, 15) is 14.4 Å². The maximum Gasteiger partial charge on any atom is 0.311 e. The van der Waals surface area contributed by atoms with Gasteiger partial charge in [-0.15, -0.1) is 11.3 Å². The Morgan fingerprint density at radius 2 is 2.14 bits per heavy atom. The number of amides is 2. The van der Waals surface area contributed by atoms with E-state index in [0.29, 0.717) is 17.4 Å². The highest BCUT2D eigenvalue weighted by Crippen LogP contribution is 2.31. The molecule has 2 aliphatic rings. The number of aryl methyl sites for hydroxylation is 2. The van der Waals surface area contributed by atoms with E-state index in [-0.39, 0.29) is 30.6 Å². The van der Waals surface area contributed by atoms with Crippen molar-refractivity contribution in [2.75, 3.05) is 23.9 Å². The third-order valence-electron chi connectivity index (χ3n) is 5.22. The molecule has 1 aliphatic heterocycles. The lowest BCUT2D eigenvalue weighted by Gasteiger charge is -2.17. The van der Waals surface area contributed by atoms with Gasteiger partial charge in [0.2, 0.25) is 11.8 Å². The largest absolute Gasteiger partial charge is 0.469 e. The fourth-order valence-electron chi connectivity index (χ4n) is 3.73. The van der Waals surface area contributed by atoms with Crippen molar-refractivity contribution in [3.8, 4) is 0 Å². The lowest BCUT2D eigenvalue weighted by molar-refractivity contribution is -0.139. The first-order valence-electron chi connectivity index (χ1n) is 9.27. The van der Waals surface area contributed by atoms with Crippen molar-refractivity contribution in [2.24, 2.45) is 5.92 Å². The second kappa shape index (κ2) is 7.71. The van der Waals surface area contributed by atoms with Crippen LogP contribution in [0, 0.1) is 5.92 Å². The monoisotopic (exact) mass is 399 g/mol. The lowest BCUT2D eigenvalue weighted by Crippen LogP contribution is -2.28. The SMILES string of the molecule is COC(=O)Cc1csc(NC(=O)[C@H]2CC(=O)N(c3ccc4c(c3)CCC4)C2)n1. The average molecular weight is 399 g/mol. The molecule has 0 bridgehead atoms. The van der Waals surface area contributed by atoms with Crippen molar-refractivity contribution in [2.45, 2.75) is 32.1 Å². The van der Waals surface area contributed by atoms with E-state index in [2.05, 4.69) is 27.2 Å². The van der Waals surface area contributed by atoms with Gasteiger partial charge in [-0.3, -0.25) is 14.4 Å². The number of rotatable bonds is 5. The summed E-state index contributed by atoms with van der Waals surface area (Å²) in [6, 6.07) is 6.15. The molecule has 1 N–H and O–H groups in total. The predicted molar refractivity (Wildman–Crippen MR) is 105 cm³/mol. The number of aromatic nitrogens is 1. The number of hydrogen-bond donors (Lipinski definition) is 1. The molecule has 28 heavy (non-hydrogen) atoms. The van der Waals surface area contributed by atoms with Gasteiger partial charge in [-0.2, -0.15) is 0 Å². The Morgan fingerprint density at radius 1 is 1.32 bits per heavy atom. The smallest absolute Gasteiger partial charge is 0.311 e.